The van der Waals surface area contributed by atoms with Gasteiger partial charge in [0.2, 0.25) is 0 Å². The molecule has 0 fully saturated rings. The van der Waals surface area contributed by atoms with Gasteiger partial charge in [-0.05, 0) is 37.3 Å². The van der Waals surface area contributed by atoms with Crippen LogP contribution in [0.4, 0.5) is 0 Å². The molecule has 0 saturated heterocycles. The lowest BCUT2D eigenvalue weighted by molar-refractivity contribution is 0.0696. The summed E-state index contributed by atoms with van der Waals surface area (Å²) in [4.78, 5) is 14.9. The number of carboxylic acid groups (broad SMARTS) is 1. The van der Waals surface area contributed by atoms with Crippen molar-refractivity contribution in [3.8, 4) is 11.5 Å². The number of ether oxygens (including phenoxy) is 1. The van der Waals surface area contributed by atoms with Gasteiger partial charge in [0, 0.05) is 6.20 Å². The van der Waals surface area contributed by atoms with E-state index in [0.717, 1.165) is 5.69 Å². The van der Waals surface area contributed by atoms with Crippen molar-refractivity contribution in [2.24, 2.45) is 0 Å². The molecule has 17 heavy (non-hydrogen) atoms. The fraction of sp³-hybridized carbons (Fsp3) is 0.0769. The summed E-state index contributed by atoms with van der Waals surface area (Å²) in [6, 6.07) is 9.91. The highest BCUT2D eigenvalue weighted by atomic mass is 16.5. The van der Waals surface area contributed by atoms with Crippen molar-refractivity contribution < 1.29 is 14.6 Å². The highest BCUT2D eigenvalue weighted by Crippen LogP contribution is 2.23. The number of aryl methyl sites for hydroxylation is 1. The van der Waals surface area contributed by atoms with Gasteiger partial charge in [-0.25, -0.2) is 4.79 Å². The smallest absolute Gasteiger partial charge is 0.335 e. The zero-order valence-corrected chi connectivity index (χ0v) is 9.25. The summed E-state index contributed by atoms with van der Waals surface area (Å²) in [5, 5.41) is 8.86. The standard InChI is InChI=1S/C13H11NO3/c1-9-12(6-3-7-14-9)17-11-5-2-4-10(8-11)13(15)16/h2-8H,1H3,(H,15,16). The van der Waals surface area contributed by atoms with Crippen molar-refractivity contribution in [2.45, 2.75) is 6.92 Å². The first-order valence-corrected chi connectivity index (χ1v) is 5.09. The van der Waals surface area contributed by atoms with E-state index in [0.29, 0.717) is 11.5 Å². The number of rotatable bonds is 3. The van der Waals surface area contributed by atoms with Crippen molar-refractivity contribution in [3.05, 3.63) is 53.9 Å². The Morgan fingerprint density at radius 2 is 2.12 bits per heavy atom. The molecule has 0 bridgehead atoms. The van der Waals surface area contributed by atoms with E-state index < -0.39 is 5.97 Å². The Morgan fingerprint density at radius 1 is 1.29 bits per heavy atom. The second kappa shape index (κ2) is 4.65. The Balaban J connectivity index is 2.28. The van der Waals surface area contributed by atoms with Crippen LogP contribution in [0.5, 0.6) is 11.5 Å². The highest BCUT2D eigenvalue weighted by molar-refractivity contribution is 5.88. The number of benzene rings is 1. The van der Waals surface area contributed by atoms with Crippen LogP contribution in [0.1, 0.15) is 16.1 Å². The minimum absolute atomic E-state index is 0.198. The lowest BCUT2D eigenvalue weighted by Gasteiger charge is -2.07. The van der Waals surface area contributed by atoms with E-state index in [1.807, 2.05) is 6.92 Å². The van der Waals surface area contributed by atoms with Gasteiger partial charge in [-0.15, -0.1) is 0 Å². The molecule has 4 nitrogen and oxygen atoms in total. The number of aromatic nitrogens is 1. The number of nitrogens with zero attached hydrogens (tertiary/aromatic N) is 1. The Kier molecular flexibility index (Phi) is 3.05. The van der Waals surface area contributed by atoms with Crippen LogP contribution in [-0.4, -0.2) is 16.1 Å². The van der Waals surface area contributed by atoms with Gasteiger partial charge in [-0.3, -0.25) is 4.98 Å². The van der Waals surface area contributed by atoms with Crippen LogP contribution in [-0.2, 0) is 0 Å². The number of aromatic carboxylic acids is 1. The van der Waals surface area contributed by atoms with E-state index >= 15 is 0 Å². The third kappa shape index (κ3) is 2.60. The molecule has 1 heterocycles. The predicted octanol–water partition coefficient (Wildman–Crippen LogP) is 2.88. The topological polar surface area (TPSA) is 59.4 Å². The Hall–Kier alpha value is -2.36. The van der Waals surface area contributed by atoms with Crippen LogP contribution < -0.4 is 4.74 Å². The summed E-state index contributed by atoms with van der Waals surface area (Å²) in [5.41, 5.74) is 0.956. The number of hydrogen-bond donors (Lipinski definition) is 1. The van der Waals surface area contributed by atoms with E-state index in [1.165, 1.54) is 12.1 Å². The number of hydrogen-bond acceptors (Lipinski definition) is 3. The molecule has 0 aliphatic rings. The molecule has 1 N–H and O–H groups in total. The van der Waals surface area contributed by atoms with Crippen LogP contribution in [0.2, 0.25) is 0 Å². The van der Waals surface area contributed by atoms with Gasteiger partial charge >= 0.3 is 5.97 Å². The fourth-order valence-electron chi connectivity index (χ4n) is 1.40. The van der Waals surface area contributed by atoms with E-state index in [-0.39, 0.29) is 5.56 Å². The molecule has 2 aromatic rings. The third-order valence-corrected chi connectivity index (χ3v) is 2.27. The quantitative estimate of drug-likeness (QED) is 0.879. The average molecular weight is 229 g/mol. The summed E-state index contributed by atoms with van der Waals surface area (Å²) < 4.78 is 5.57. The maximum absolute atomic E-state index is 10.8. The normalized spacial score (nSPS) is 9.94. The number of carbonyl (C=O) groups is 1. The first kappa shape index (κ1) is 11.1. The first-order valence-electron chi connectivity index (χ1n) is 5.09. The summed E-state index contributed by atoms with van der Waals surface area (Å²) in [6.07, 6.45) is 1.68. The zero-order valence-electron chi connectivity index (χ0n) is 9.25. The van der Waals surface area contributed by atoms with Gasteiger partial charge in [0.25, 0.3) is 0 Å². The van der Waals surface area contributed by atoms with Crippen LogP contribution >= 0.6 is 0 Å². The lowest BCUT2D eigenvalue weighted by Crippen LogP contribution is -1.96. The molecule has 0 saturated carbocycles. The van der Waals surface area contributed by atoms with Crippen molar-refractivity contribution in [3.63, 3.8) is 0 Å². The largest absolute Gasteiger partial charge is 0.478 e. The van der Waals surface area contributed by atoms with Crippen molar-refractivity contribution in [2.75, 3.05) is 0 Å². The summed E-state index contributed by atoms with van der Waals surface area (Å²) in [7, 11) is 0. The van der Waals surface area contributed by atoms with Crippen LogP contribution in [0.15, 0.2) is 42.6 Å². The molecule has 0 radical (unpaired) electrons. The second-order valence-electron chi connectivity index (χ2n) is 3.52. The molecule has 0 atom stereocenters. The Morgan fingerprint density at radius 3 is 2.82 bits per heavy atom. The molecule has 0 amide bonds. The summed E-state index contributed by atoms with van der Waals surface area (Å²) in [6.45, 7) is 1.83. The van der Waals surface area contributed by atoms with Crippen molar-refractivity contribution >= 4 is 5.97 Å². The second-order valence-corrected chi connectivity index (χ2v) is 3.52. The van der Waals surface area contributed by atoms with Crippen LogP contribution in [0.25, 0.3) is 0 Å². The van der Waals surface area contributed by atoms with Gasteiger partial charge in [0.1, 0.15) is 11.5 Å². The van der Waals surface area contributed by atoms with Crippen LogP contribution in [0.3, 0.4) is 0 Å². The molecule has 0 aliphatic heterocycles. The number of carboxylic acids is 1. The Labute approximate surface area is 98.5 Å². The zero-order chi connectivity index (χ0) is 12.3. The summed E-state index contributed by atoms with van der Waals surface area (Å²) in [5.74, 6) is 0.134. The molecular formula is C13H11NO3. The predicted molar refractivity (Wildman–Crippen MR) is 62.4 cm³/mol. The SMILES string of the molecule is Cc1ncccc1Oc1cccc(C(=O)O)c1. The minimum atomic E-state index is -0.974. The van der Waals surface area contributed by atoms with Gasteiger partial charge in [-0.2, -0.15) is 0 Å². The van der Waals surface area contributed by atoms with Crippen molar-refractivity contribution in [1.29, 1.82) is 0 Å². The molecule has 4 heteroatoms. The van der Waals surface area contributed by atoms with Gasteiger partial charge in [0.15, 0.2) is 0 Å². The molecule has 0 spiro atoms. The Bertz CT molecular complexity index is 552. The maximum Gasteiger partial charge on any atom is 0.335 e. The van der Waals surface area contributed by atoms with Crippen LogP contribution in [0, 0.1) is 6.92 Å². The molecule has 1 aromatic heterocycles. The molecule has 1 aromatic carbocycles. The molecular weight excluding hydrogens is 218 g/mol. The van der Waals surface area contributed by atoms with Gasteiger partial charge in [0.05, 0.1) is 11.3 Å². The lowest BCUT2D eigenvalue weighted by atomic mass is 10.2. The molecule has 0 aliphatic carbocycles. The monoisotopic (exact) mass is 229 g/mol. The molecule has 2 rings (SSSR count). The maximum atomic E-state index is 10.8. The molecule has 86 valence electrons. The van der Waals surface area contributed by atoms with E-state index in [1.54, 1.807) is 30.5 Å². The van der Waals surface area contributed by atoms with E-state index in [9.17, 15) is 4.79 Å². The van der Waals surface area contributed by atoms with E-state index in [4.69, 9.17) is 9.84 Å². The third-order valence-electron chi connectivity index (χ3n) is 2.27. The first-order chi connectivity index (χ1) is 8.16. The average Bonchev–Trinajstić information content (AvgIpc) is 2.32. The van der Waals surface area contributed by atoms with Gasteiger partial charge in [-0.1, -0.05) is 6.07 Å². The minimum Gasteiger partial charge on any atom is -0.478 e. The molecule has 0 unspecified atom stereocenters. The van der Waals surface area contributed by atoms with Crippen molar-refractivity contribution in [1.82, 2.24) is 4.98 Å². The van der Waals surface area contributed by atoms with Gasteiger partial charge < -0.3 is 9.84 Å². The van der Waals surface area contributed by atoms with E-state index in [2.05, 4.69) is 4.98 Å². The highest BCUT2D eigenvalue weighted by Gasteiger charge is 2.05. The summed E-state index contributed by atoms with van der Waals surface area (Å²) >= 11 is 0. The fourth-order valence-corrected chi connectivity index (χ4v) is 1.40. The number of pyridine rings is 1.